The largest absolute Gasteiger partial charge is 0.481 e. The molecular weight excluding hydrogens is 204 g/mol. The normalized spacial score (nSPS) is 14.2. The van der Waals surface area contributed by atoms with Gasteiger partial charge in [-0.1, -0.05) is 38.1 Å². The Morgan fingerprint density at radius 1 is 1.12 bits per heavy atom. The van der Waals surface area contributed by atoms with Crippen LogP contribution in [0.2, 0.25) is 0 Å². The second-order valence-corrected chi connectivity index (χ2v) is 4.09. The van der Waals surface area contributed by atoms with E-state index in [0.29, 0.717) is 5.56 Å². The molecule has 0 aliphatic heterocycles. The molecule has 3 nitrogen and oxygen atoms in total. The van der Waals surface area contributed by atoms with E-state index >= 15 is 0 Å². The molecule has 2 atom stereocenters. The van der Waals surface area contributed by atoms with Crippen LogP contribution in [-0.2, 0) is 4.79 Å². The Morgan fingerprint density at radius 3 is 2.19 bits per heavy atom. The number of benzene rings is 1. The van der Waals surface area contributed by atoms with Crippen LogP contribution >= 0.6 is 0 Å². The second kappa shape index (κ2) is 4.92. The molecule has 1 rings (SSSR count). The van der Waals surface area contributed by atoms with Gasteiger partial charge in [0.2, 0.25) is 0 Å². The van der Waals surface area contributed by atoms with Crippen LogP contribution in [0.5, 0.6) is 0 Å². The van der Waals surface area contributed by atoms with E-state index in [1.54, 1.807) is 26.0 Å². The first kappa shape index (κ1) is 12.4. The lowest BCUT2D eigenvalue weighted by molar-refractivity contribution is -0.142. The van der Waals surface area contributed by atoms with Crippen LogP contribution < -0.4 is 0 Å². The van der Waals surface area contributed by atoms with E-state index in [1.165, 1.54) is 0 Å². The molecule has 0 heterocycles. The molecule has 1 aromatic carbocycles. The van der Waals surface area contributed by atoms with Gasteiger partial charge in [-0.3, -0.25) is 9.59 Å². The first-order valence-electron chi connectivity index (χ1n) is 5.27. The number of carbonyl (C=O) groups is 2. The second-order valence-electron chi connectivity index (χ2n) is 4.09. The van der Waals surface area contributed by atoms with Crippen molar-refractivity contribution in [3.8, 4) is 0 Å². The van der Waals surface area contributed by atoms with Gasteiger partial charge in [-0.05, 0) is 12.5 Å². The molecule has 0 spiro atoms. The van der Waals surface area contributed by atoms with Crippen molar-refractivity contribution < 1.29 is 14.7 Å². The van der Waals surface area contributed by atoms with E-state index < -0.39 is 17.8 Å². The topological polar surface area (TPSA) is 54.4 Å². The number of carboxylic acid groups (broad SMARTS) is 1. The minimum absolute atomic E-state index is 0.104. The standard InChI is InChI=1S/C13H16O3/c1-8-6-4-5-7-11(8)12(14)9(2)10(3)13(15)16/h4-7,9-10H,1-3H3,(H,15,16). The van der Waals surface area contributed by atoms with Crippen LogP contribution in [0, 0.1) is 18.8 Å². The van der Waals surface area contributed by atoms with E-state index in [2.05, 4.69) is 0 Å². The molecular formula is C13H16O3. The summed E-state index contributed by atoms with van der Waals surface area (Å²) in [4.78, 5) is 22.9. The van der Waals surface area contributed by atoms with Crippen LogP contribution in [0.15, 0.2) is 24.3 Å². The highest BCUT2D eigenvalue weighted by atomic mass is 16.4. The zero-order valence-electron chi connectivity index (χ0n) is 9.73. The van der Waals surface area contributed by atoms with Crippen LogP contribution in [0.3, 0.4) is 0 Å². The minimum Gasteiger partial charge on any atom is -0.481 e. The van der Waals surface area contributed by atoms with Gasteiger partial charge in [0.25, 0.3) is 0 Å². The quantitative estimate of drug-likeness (QED) is 0.793. The van der Waals surface area contributed by atoms with Crippen molar-refractivity contribution >= 4 is 11.8 Å². The van der Waals surface area contributed by atoms with Gasteiger partial charge in [-0.25, -0.2) is 0 Å². The average molecular weight is 220 g/mol. The van der Waals surface area contributed by atoms with Crippen molar-refractivity contribution in [2.24, 2.45) is 11.8 Å². The Morgan fingerprint density at radius 2 is 1.69 bits per heavy atom. The molecule has 0 aromatic heterocycles. The molecule has 0 aliphatic carbocycles. The summed E-state index contributed by atoms with van der Waals surface area (Å²) in [6, 6.07) is 7.24. The Hall–Kier alpha value is -1.64. The van der Waals surface area contributed by atoms with Crippen LogP contribution in [-0.4, -0.2) is 16.9 Å². The summed E-state index contributed by atoms with van der Waals surface area (Å²) >= 11 is 0. The van der Waals surface area contributed by atoms with E-state index in [4.69, 9.17) is 5.11 Å². The van der Waals surface area contributed by atoms with Gasteiger partial charge in [0.05, 0.1) is 5.92 Å². The maximum absolute atomic E-state index is 12.0. The highest BCUT2D eigenvalue weighted by Gasteiger charge is 2.27. The Labute approximate surface area is 95.1 Å². The van der Waals surface area contributed by atoms with Crippen LogP contribution in [0.1, 0.15) is 29.8 Å². The first-order valence-corrected chi connectivity index (χ1v) is 5.27. The third-order valence-corrected chi connectivity index (χ3v) is 2.96. The van der Waals surface area contributed by atoms with Crippen molar-refractivity contribution in [3.63, 3.8) is 0 Å². The fourth-order valence-corrected chi connectivity index (χ4v) is 1.54. The average Bonchev–Trinajstić information content (AvgIpc) is 2.26. The van der Waals surface area contributed by atoms with Gasteiger partial charge in [0.1, 0.15) is 0 Å². The lowest BCUT2D eigenvalue weighted by Crippen LogP contribution is -2.25. The molecule has 0 saturated heterocycles. The number of carbonyl (C=O) groups excluding carboxylic acids is 1. The van der Waals surface area contributed by atoms with E-state index in [0.717, 1.165) is 5.56 Å². The summed E-state index contributed by atoms with van der Waals surface area (Å²) in [5, 5.41) is 8.87. The number of hydrogen-bond donors (Lipinski definition) is 1. The molecule has 86 valence electrons. The monoisotopic (exact) mass is 220 g/mol. The molecule has 0 radical (unpaired) electrons. The lowest BCUT2D eigenvalue weighted by Gasteiger charge is -2.15. The van der Waals surface area contributed by atoms with Gasteiger partial charge < -0.3 is 5.11 Å². The maximum Gasteiger partial charge on any atom is 0.306 e. The summed E-state index contributed by atoms with van der Waals surface area (Å²) in [5.41, 5.74) is 1.50. The summed E-state index contributed by atoms with van der Waals surface area (Å²) in [6.07, 6.45) is 0. The number of aliphatic carboxylic acids is 1. The van der Waals surface area contributed by atoms with Crippen LogP contribution in [0.25, 0.3) is 0 Å². The molecule has 16 heavy (non-hydrogen) atoms. The van der Waals surface area contributed by atoms with Gasteiger partial charge in [-0.15, -0.1) is 0 Å². The smallest absolute Gasteiger partial charge is 0.306 e. The zero-order valence-corrected chi connectivity index (χ0v) is 9.73. The number of aryl methyl sites for hydroxylation is 1. The summed E-state index contributed by atoms with van der Waals surface area (Å²) in [7, 11) is 0. The fraction of sp³-hybridized carbons (Fsp3) is 0.385. The maximum atomic E-state index is 12.0. The highest BCUT2D eigenvalue weighted by molar-refractivity contribution is 6.00. The number of Topliss-reactive ketones (excluding diaryl/α,β-unsaturated/α-hetero) is 1. The zero-order chi connectivity index (χ0) is 12.3. The van der Waals surface area contributed by atoms with E-state index in [1.807, 2.05) is 19.1 Å². The highest BCUT2D eigenvalue weighted by Crippen LogP contribution is 2.19. The SMILES string of the molecule is Cc1ccccc1C(=O)C(C)C(C)C(=O)O. The van der Waals surface area contributed by atoms with Gasteiger partial charge >= 0.3 is 5.97 Å². The molecule has 0 amide bonds. The van der Waals surface area contributed by atoms with Crippen molar-refractivity contribution in [1.82, 2.24) is 0 Å². The summed E-state index contributed by atoms with van der Waals surface area (Å²) in [5.74, 6) is -2.20. The molecule has 0 aliphatic rings. The molecule has 0 saturated carbocycles. The predicted octanol–water partition coefficient (Wildman–Crippen LogP) is 2.53. The Bertz CT molecular complexity index is 409. The number of hydrogen-bond acceptors (Lipinski definition) is 2. The van der Waals surface area contributed by atoms with Gasteiger partial charge in [0.15, 0.2) is 5.78 Å². The molecule has 0 fully saturated rings. The molecule has 2 unspecified atom stereocenters. The third kappa shape index (κ3) is 2.48. The summed E-state index contributed by atoms with van der Waals surface area (Å²) < 4.78 is 0. The number of carboxylic acids is 1. The molecule has 1 N–H and O–H groups in total. The van der Waals surface area contributed by atoms with Crippen molar-refractivity contribution in [3.05, 3.63) is 35.4 Å². The number of ketones is 1. The van der Waals surface area contributed by atoms with Gasteiger partial charge in [0, 0.05) is 11.5 Å². The molecule has 3 heteroatoms. The van der Waals surface area contributed by atoms with E-state index in [9.17, 15) is 9.59 Å². The minimum atomic E-state index is -0.936. The van der Waals surface area contributed by atoms with Crippen LogP contribution in [0.4, 0.5) is 0 Å². The van der Waals surface area contributed by atoms with Gasteiger partial charge in [-0.2, -0.15) is 0 Å². The third-order valence-electron chi connectivity index (χ3n) is 2.96. The van der Waals surface area contributed by atoms with E-state index in [-0.39, 0.29) is 5.78 Å². The number of rotatable bonds is 4. The van der Waals surface area contributed by atoms with Crippen molar-refractivity contribution in [2.75, 3.05) is 0 Å². The molecule has 1 aromatic rings. The van der Waals surface area contributed by atoms with Crippen molar-refractivity contribution in [2.45, 2.75) is 20.8 Å². The fourth-order valence-electron chi connectivity index (χ4n) is 1.54. The lowest BCUT2D eigenvalue weighted by atomic mass is 9.87. The van der Waals surface area contributed by atoms with Crippen molar-refractivity contribution in [1.29, 1.82) is 0 Å². The molecule has 0 bridgehead atoms. The Balaban J connectivity index is 2.95. The first-order chi connectivity index (χ1) is 7.45. The summed E-state index contributed by atoms with van der Waals surface area (Å²) in [6.45, 7) is 5.07. The Kier molecular flexibility index (Phi) is 3.82. The predicted molar refractivity (Wildman–Crippen MR) is 61.5 cm³/mol.